The second-order valence-electron chi connectivity index (χ2n) is 5.65. The molecule has 7 heteroatoms. The second kappa shape index (κ2) is 6.86. The number of nitrogens with one attached hydrogen (secondary N) is 1. The summed E-state index contributed by atoms with van der Waals surface area (Å²) >= 11 is 7.81. The molecular formula is C16H19ClN4OS. The molecule has 0 unspecified atom stereocenters. The molecule has 122 valence electrons. The van der Waals surface area contributed by atoms with Gasteiger partial charge in [0.1, 0.15) is 11.6 Å². The quantitative estimate of drug-likeness (QED) is 0.657. The third kappa shape index (κ3) is 3.49. The van der Waals surface area contributed by atoms with E-state index in [-0.39, 0.29) is 5.28 Å². The van der Waals surface area contributed by atoms with E-state index < -0.39 is 0 Å². The molecule has 0 saturated carbocycles. The van der Waals surface area contributed by atoms with Crippen LogP contribution in [-0.4, -0.2) is 16.5 Å². The molecule has 0 aliphatic heterocycles. The first-order chi connectivity index (χ1) is 11.1. The van der Waals surface area contributed by atoms with Crippen LogP contribution < -0.4 is 11.1 Å². The van der Waals surface area contributed by atoms with Gasteiger partial charge in [0.05, 0.1) is 23.0 Å². The van der Waals surface area contributed by atoms with Crippen molar-refractivity contribution in [2.75, 3.05) is 11.9 Å². The number of hydrogen-bond donors (Lipinski definition) is 2. The van der Waals surface area contributed by atoms with Crippen molar-refractivity contribution in [2.24, 2.45) is 11.7 Å². The number of fused-ring (bicyclic) bond motifs is 1. The average molecular weight is 351 g/mol. The maximum Gasteiger partial charge on any atom is 0.224 e. The van der Waals surface area contributed by atoms with Crippen LogP contribution in [0.4, 0.5) is 5.82 Å². The largest absolute Gasteiger partial charge is 0.467 e. The van der Waals surface area contributed by atoms with Crippen molar-refractivity contribution in [1.82, 2.24) is 9.97 Å². The van der Waals surface area contributed by atoms with E-state index in [0.717, 1.165) is 33.8 Å². The van der Waals surface area contributed by atoms with E-state index in [1.54, 1.807) is 17.6 Å². The second-order valence-corrected chi connectivity index (χ2v) is 7.09. The number of nitrogens with zero attached hydrogens (tertiary/aromatic N) is 2. The Kier molecular flexibility index (Phi) is 4.84. The molecule has 0 spiro atoms. The van der Waals surface area contributed by atoms with Gasteiger partial charge in [-0.2, -0.15) is 4.98 Å². The van der Waals surface area contributed by atoms with Crippen LogP contribution in [-0.2, 0) is 13.0 Å². The Hall–Kier alpha value is -1.63. The summed E-state index contributed by atoms with van der Waals surface area (Å²) in [6.45, 7) is 5.46. The highest BCUT2D eigenvalue weighted by Gasteiger charge is 2.17. The molecule has 0 fully saturated rings. The molecule has 0 aliphatic rings. The molecule has 0 saturated heterocycles. The number of hydrogen-bond acceptors (Lipinski definition) is 6. The van der Waals surface area contributed by atoms with Crippen LogP contribution in [0.1, 0.15) is 23.1 Å². The van der Waals surface area contributed by atoms with Gasteiger partial charge in [0.2, 0.25) is 5.28 Å². The van der Waals surface area contributed by atoms with Crippen LogP contribution in [0.25, 0.3) is 10.2 Å². The molecule has 3 aromatic heterocycles. The first-order valence-corrected chi connectivity index (χ1v) is 8.69. The number of rotatable bonds is 6. The molecule has 3 N–H and O–H groups in total. The summed E-state index contributed by atoms with van der Waals surface area (Å²) < 4.78 is 6.37. The van der Waals surface area contributed by atoms with Gasteiger partial charge >= 0.3 is 0 Å². The molecule has 23 heavy (non-hydrogen) atoms. The number of thiophene rings is 1. The Morgan fingerprint density at radius 3 is 2.96 bits per heavy atom. The fraction of sp³-hybridized carbons (Fsp3) is 0.375. The van der Waals surface area contributed by atoms with Crippen molar-refractivity contribution in [3.05, 3.63) is 39.9 Å². The standard InChI is InChI=1S/C16H19ClN4OS/c1-9(7-18)6-12-10(2)13-14(23-12)15(21-16(17)20-13)19-8-11-4-3-5-22-11/h3-5,9H,6-8,18H2,1-2H3,(H,19,20,21)/t9-/m0/s1. The van der Waals surface area contributed by atoms with Gasteiger partial charge in [-0.15, -0.1) is 11.3 Å². The monoisotopic (exact) mass is 350 g/mol. The molecule has 3 heterocycles. The van der Waals surface area contributed by atoms with Crippen molar-refractivity contribution < 1.29 is 4.42 Å². The van der Waals surface area contributed by atoms with E-state index in [2.05, 4.69) is 29.1 Å². The van der Waals surface area contributed by atoms with Crippen LogP contribution >= 0.6 is 22.9 Å². The van der Waals surface area contributed by atoms with Crippen molar-refractivity contribution in [3.8, 4) is 0 Å². The first-order valence-electron chi connectivity index (χ1n) is 7.50. The van der Waals surface area contributed by atoms with E-state index in [0.29, 0.717) is 19.0 Å². The van der Waals surface area contributed by atoms with E-state index in [4.69, 9.17) is 21.8 Å². The Balaban J connectivity index is 1.95. The van der Waals surface area contributed by atoms with Crippen molar-refractivity contribution in [2.45, 2.75) is 26.8 Å². The van der Waals surface area contributed by atoms with E-state index in [1.807, 2.05) is 12.1 Å². The maximum atomic E-state index is 6.10. The van der Waals surface area contributed by atoms with E-state index in [9.17, 15) is 0 Å². The Morgan fingerprint density at radius 1 is 1.43 bits per heavy atom. The van der Waals surface area contributed by atoms with Crippen molar-refractivity contribution >= 4 is 39.0 Å². The Labute approximate surface area is 143 Å². The molecule has 3 rings (SSSR count). The molecule has 0 bridgehead atoms. The zero-order valence-electron chi connectivity index (χ0n) is 13.1. The molecule has 0 aromatic carbocycles. The van der Waals surface area contributed by atoms with Crippen LogP contribution in [0.2, 0.25) is 5.28 Å². The highest BCUT2D eigenvalue weighted by Crippen LogP contribution is 2.36. The maximum absolute atomic E-state index is 6.10. The summed E-state index contributed by atoms with van der Waals surface area (Å²) in [6, 6.07) is 3.78. The van der Waals surface area contributed by atoms with Gasteiger partial charge in [0.25, 0.3) is 0 Å². The van der Waals surface area contributed by atoms with Gasteiger partial charge < -0.3 is 15.5 Å². The highest BCUT2D eigenvalue weighted by atomic mass is 35.5. The lowest BCUT2D eigenvalue weighted by atomic mass is 10.1. The van der Waals surface area contributed by atoms with E-state index in [1.165, 1.54) is 4.88 Å². The zero-order valence-corrected chi connectivity index (χ0v) is 14.7. The number of aryl methyl sites for hydroxylation is 1. The van der Waals surface area contributed by atoms with Crippen molar-refractivity contribution in [3.63, 3.8) is 0 Å². The molecule has 0 radical (unpaired) electrons. The molecule has 5 nitrogen and oxygen atoms in total. The third-order valence-corrected chi connectivity index (χ3v) is 5.26. The van der Waals surface area contributed by atoms with Gasteiger partial charge in [-0.25, -0.2) is 4.98 Å². The van der Waals surface area contributed by atoms with Crippen LogP contribution in [0, 0.1) is 12.8 Å². The first kappa shape index (κ1) is 16.2. The van der Waals surface area contributed by atoms with Gasteiger partial charge in [0, 0.05) is 4.88 Å². The lowest BCUT2D eigenvalue weighted by molar-refractivity contribution is 0.518. The minimum atomic E-state index is 0.249. The minimum Gasteiger partial charge on any atom is -0.467 e. The molecular weight excluding hydrogens is 332 g/mol. The Morgan fingerprint density at radius 2 is 2.26 bits per heavy atom. The number of halogens is 1. The molecule has 3 aromatic rings. The fourth-order valence-electron chi connectivity index (χ4n) is 2.40. The SMILES string of the molecule is Cc1c(C[C@H](C)CN)sc2c(NCc3ccco3)nc(Cl)nc12. The summed E-state index contributed by atoms with van der Waals surface area (Å²) in [4.78, 5) is 10.0. The fourth-order valence-corrected chi connectivity index (χ4v) is 3.95. The number of aromatic nitrogens is 2. The summed E-state index contributed by atoms with van der Waals surface area (Å²) in [7, 11) is 0. The van der Waals surface area contributed by atoms with Crippen LogP contribution in [0.15, 0.2) is 22.8 Å². The summed E-state index contributed by atoms with van der Waals surface area (Å²) in [5.74, 6) is 2.03. The lowest BCUT2D eigenvalue weighted by Crippen LogP contribution is -2.12. The summed E-state index contributed by atoms with van der Waals surface area (Å²) in [5.41, 5.74) is 7.83. The van der Waals surface area contributed by atoms with Gasteiger partial charge in [-0.05, 0) is 55.1 Å². The summed E-state index contributed by atoms with van der Waals surface area (Å²) in [6.07, 6.45) is 2.60. The molecule has 0 amide bonds. The normalized spacial score (nSPS) is 12.7. The highest BCUT2D eigenvalue weighted by molar-refractivity contribution is 7.19. The predicted octanol–water partition coefficient (Wildman–Crippen LogP) is 4.00. The summed E-state index contributed by atoms with van der Waals surface area (Å²) in [5, 5.41) is 3.54. The van der Waals surface area contributed by atoms with Crippen LogP contribution in [0.3, 0.4) is 0 Å². The van der Waals surface area contributed by atoms with E-state index >= 15 is 0 Å². The number of nitrogens with two attached hydrogens (primary N) is 1. The van der Waals surface area contributed by atoms with Gasteiger partial charge in [-0.3, -0.25) is 0 Å². The number of furan rings is 1. The number of anilines is 1. The minimum absolute atomic E-state index is 0.249. The molecule has 1 atom stereocenters. The topological polar surface area (TPSA) is 77.0 Å². The lowest BCUT2D eigenvalue weighted by Gasteiger charge is -2.06. The zero-order chi connectivity index (χ0) is 16.4. The smallest absolute Gasteiger partial charge is 0.224 e. The van der Waals surface area contributed by atoms with Gasteiger partial charge in [-0.1, -0.05) is 6.92 Å². The molecule has 0 aliphatic carbocycles. The Bertz CT molecular complexity index is 800. The predicted molar refractivity (Wildman–Crippen MR) is 95.1 cm³/mol. The average Bonchev–Trinajstić information content (AvgIpc) is 3.15. The van der Waals surface area contributed by atoms with Gasteiger partial charge in [0.15, 0.2) is 0 Å². The van der Waals surface area contributed by atoms with Crippen LogP contribution in [0.5, 0.6) is 0 Å². The van der Waals surface area contributed by atoms with Crippen molar-refractivity contribution in [1.29, 1.82) is 0 Å². The third-order valence-electron chi connectivity index (χ3n) is 3.78.